The largest absolute Gasteiger partial charge is 0.454 e. The fraction of sp³-hybridized carbons (Fsp3) is 0.407. The van der Waals surface area contributed by atoms with Crippen molar-refractivity contribution in [1.82, 2.24) is 10.3 Å². The van der Waals surface area contributed by atoms with Crippen LogP contribution in [-0.2, 0) is 10.2 Å². The maximum atomic E-state index is 13.3. The van der Waals surface area contributed by atoms with Crippen LogP contribution in [0.1, 0.15) is 54.3 Å². The highest BCUT2D eigenvalue weighted by Crippen LogP contribution is 2.51. The topological polar surface area (TPSA) is 92.7 Å². The molecule has 1 aliphatic carbocycles. The van der Waals surface area contributed by atoms with E-state index in [-0.39, 0.29) is 37.3 Å². The number of nitrogens with zero attached hydrogens (tertiary/aromatic N) is 1. The Hall–Kier alpha value is -2.94. The summed E-state index contributed by atoms with van der Waals surface area (Å²) in [5, 5.41) is 17.2. The first-order valence-electron chi connectivity index (χ1n) is 12.0. The Kier molecular flexibility index (Phi) is 6.53. The van der Waals surface area contributed by atoms with E-state index >= 15 is 0 Å². The normalized spacial score (nSPS) is 17.3. The number of ether oxygens (including phenoxy) is 2. The van der Waals surface area contributed by atoms with Crippen molar-refractivity contribution in [3.8, 4) is 11.5 Å². The molecule has 0 spiro atoms. The van der Waals surface area contributed by atoms with Crippen LogP contribution in [0.5, 0.6) is 11.5 Å². The summed E-state index contributed by atoms with van der Waals surface area (Å²) < 4.78 is 10.9. The van der Waals surface area contributed by atoms with Gasteiger partial charge in [-0.3, -0.25) is 4.79 Å². The van der Waals surface area contributed by atoms with Crippen LogP contribution >= 0.6 is 11.3 Å². The lowest BCUT2D eigenvalue weighted by Gasteiger charge is -2.27. The standard InChI is InChI=1S/C27H31N3O4S/c1-16(2)20(14-31)29-24(19-7-5-4-6-17(19)3)23-13-28-26(35-23)30-25(32)27(10-11-27)18-8-9-21-22(12-18)34-15-33-21/h4-9,12-13,16,20,24,29,31H,10-11,14-15H2,1-3H3,(H,28,30,32)/t20-,24?/m0/s1. The number of aliphatic hydroxyl groups is 1. The second-order valence-corrected chi connectivity index (χ2v) is 10.7. The molecule has 3 aromatic rings. The predicted molar refractivity (Wildman–Crippen MR) is 136 cm³/mol. The number of benzene rings is 2. The van der Waals surface area contributed by atoms with Gasteiger partial charge in [-0.05, 0) is 54.5 Å². The van der Waals surface area contributed by atoms with E-state index in [0.29, 0.717) is 16.6 Å². The van der Waals surface area contributed by atoms with E-state index in [9.17, 15) is 9.90 Å². The van der Waals surface area contributed by atoms with Crippen LogP contribution in [-0.4, -0.2) is 35.4 Å². The van der Waals surface area contributed by atoms with Crippen molar-refractivity contribution in [2.45, 2.75) is 51.1 Å². The monoisotopic (exact) mass is 493 g/mol. The Morgan fingerprint density at radius 2 is 1.94 bits per heavy atom. The van der Waals surface area contributed by atoms with E-state index in [1.807, 2.05) is 36.5 Å². The number of aliphatic hydroxyl groups excluding tert-OH is 1. The van der Waals surface area contributed by atoms with Crippen LogP contribution < -0.4 is 20.1 Å². The van der Waals surface area contributed by atoms with Crippen molar-refractivity contribution in [1.29, 1.82) is 0 Å². The van der Waals surface area contributed by atoms with Gasteiger partial charge in [-0.1, -0.05) is 55.5 Å². The van der Waals surface area contributed by atoms with Crippen LogP contribution in [0.15, 0.2) is 48.7 Å². The van der Waals surface area contributed by atoms with Gasteiger partial charge in [0.1, 0.15) is 0 Å². The van der Waals surface area contributed by atoms with E-state index in [2.05, 4.69) is 48.5 Å². The fourth-order valence-corrected chi connectivity index (χ4v) is 5.46. The summed E-state index contributed by atoms with van der Waals surface area (Å²) in [6.45, 7) is 6.52. The van der Waals surface area contributed by atoms with Crippen LogP contribution in [0.25, 0.3) is 0 Å². The number of carbonyl (C=O) groups excluding carboxylic acids is 1. The minimum Gasteiger partial charge on any atom is -0.454 e. The zero-order valence-corrected chi connectivity index (χ0v) is 21.0. The Labute approximate surface area is 209 Å². The number of hydrogen-bond donors (Lipinski definition) is 3. The summed E-state index contributed by atoms with van der Waals surface area (Å²) in [7, 11) is 0. The van der Waals surface area contributed by atoms with Gasteiger partial charge >= 0.3 is 0 Å². The molecule has 7 nitrogen and oxygen atoms in total. The summed E-state index contributed by atoms with van der Waals surface area (Å²) in [5.41, 5.74) is 2.68. The molecule has 1 unspecified atom stereocenters. The average molecular weight is 494 g/mol. The molecule has 0 saturated heterocycles. The van der Waals surface area contributed by atoms with E-state index in [0.717, 1.165) is 34.4 Å². The molecular formula is C27H31N3O4S. The quantitative estimate of drug-likeness (QED) is 0.405. The van der Waals surface area contributed by atoms with Crippen LogP contribution in [0.4, 0.5) is 5.13 Å². The number of hydrogen-bond acceptors (Lipinski definition) is 7. The second-order valence-electron chi connectivity index (χ2n) is 9.66. The molecular weight excluding hydrogens is 462 g/mol. The van der Waals surface area contributed by atoms with Crippen molar-refractivity contribution in [2.75, 3.05) is 18.7 Å². The number of thiazole rings is 1. The number of anilines is 1. The van der Waals surface area contributed by atoms with E-state index in [1.54, 1.807) is 0 Å². The van der Waals surface area contributed by atoms with Gasteiger partial charge in [0.05, 0.1) is 18.1 Å². The molecule has 1 fully saturated rings. The average Bonchev–Trinajstić information content (AvgIpc) is 3.31. The zero-order valence-electron chi connectivity index (χ0n) is 20.2. The van der Waals surface area contributed by atoms with Gasteiger partial charge < -0.3 is 25.2 Å². The molecule has 184 valence electrons. The lowest BCUT2D eigenvalue weighted by molar-refractivity contribution is -0.118. The molecule has 2 aliphatic rings. The molecule has 8 heteroatoms. The lowest BCUT2D eigenvalue weighted by atomic mass is 9.94. The smallest absolute Gasteiger partial charge is 0.236 e. The van der Waals surface area contributed by atoms with E-state index < -0.39 is 5.41 Å². The highest BCUT2D eigenvalue weighted by Gasteiger charge is 2.52. The minimum atomic E-state index is -0.555. The number of fused-ring (bicyclic) bond motifs is 1. The Morgan fingerprint density at radius 1 is 1.17 bits per heavy atom. The van der Waals surface area contributed by atoms with Gasteiger partial charge in [-0.2, -0.15) is 0 Å². The zero-order chi connectivity index (χ0) is 24.6. The molecule has 0 radical (unpaired) electrons. The Bertz CT molecular complexity index is 1220. The molecule has 35 heavy (non-hydrogen) atoms. The van der Waals surface area contributed by atoms with Gasteiger partial charge in [-0.25, -0.2) is 4.98 Å². The molecule has 2 atom stereocenters. The molecule has 1 aromatic heterocycles. The van der Waals surface area contributed by atoms with Crippen LogP contribution in [0.3, 0.4) is 0 Å². The molecule has 5 rings (SSSR count). The molecule has 2 aromatic carbocycles. The molecule has 1 saturated carbocycles. The number of amides is 1. The van der Waals surface area contributed by atoms with Gasteiger partial charge in [0.25, 0.3) is 0 Å². The molecule has 3 N–H and O–H groups in total. The van der Waals surface area contributed by atoms with Crippen molar-refractivity contribution >= 4 is 22.4 Å². The highest BCUT2D eigenvalue weighted by molar-refractivity contribution is 7.15. The first kappa shape index (κ1) is 23.8. The van der Waals surface area contributed by atoms with Gasteiger partial charge in [0, 0.05) is 17.1 Å². The van der Waals surface area contributed by atoms with Crippen molar-refractivity contribution in [2.24, 2.45) is 5.92 Å². The number of rotatable bonds is 9. The molecule has 2 heterocycles. The van der Waals surface area contributed by atoms with Crippen molar-refractivity contribution in [3.05, 3.63) is 70.2 Å². The number of carbonyl (C=O) groups is 1. The summed E-state index contributed by atoms with van der Waals surface area (Å²) >= 11 is 1.46. The number of aryl methyl sites for hydroxylation is 1. The van der Waals surface area contributed by atoms with Crippen LogP contribution in [0, 0.1) is 12.8 Å². The fourth-order valence-electron chi connectivity index (χ4n) is 4.57. The first-order valence-corrected chi connectivity index (χ1v) is 12.8. The second kappa shape index (κ2) is 9.60. The van der Waals surface area contributed by atoms with Gasteiger partial charge in [0.2, 0.25) is 12.7 Å². The third kappa shape index (κ3) is 4.66. The molecule has 0 bridgehead atoms. The maximum absolute atomic E-state index is 13.3. The summed E-state index contributed by atoms with van der Waals surface area (Å²) in [5.74, 6) is 1.61. The third-order valence-corrected chi connectivity index (χ3v) is 8.00. The summed E-state index contributed by atoms with van der Waals surface area (Å²) in [6.07, 6.45) is 3.40. The van der Waals surface area contributed by atoms with Crippen molar-refractivity contribution < 1.29 is 19.4 Å². The molecule has 1 aliphatic heterocycles. The third-order valence-electron chi connectivity index (χ3n) is 7.02. The van der Waals surface area contributed by atoms with Crippen LogP contribution in [0.2, 0.25) is 0 Å². The van der Waals surface area contributed by atoms with Gasteiger partial charge in [0.15, 0.2) is 16.6 Å². The maximum Gasteiger partial charge on any atom is 0.236 e. The number of nitrogens with one attached hydrogen (secondary N) is 2. The van der Waals surface area contributed by atoms with Gasteiger partial charge in [-0.15, -0.1) is 0 Å². The Balaban J connectivity index is 1.37. The predicted octanol–water partition coefficient (Wildman–Crippen LogP) is 4.55. The van der Waals surface area contributed by atoms with Crippen molar-refractivity contribution in [3.63, 3.8) is 0 Å². The molecule has 1 amide bonds. The van der Waals surface area contributed by atoms with E-state index in [4.69, 9.17) is 9.47 Å². The lowest BCUT2D eigenvalue weighted by Crippen LogP contribution is -2.40. The number of aromatic nitrogens is 1. The highest BCUT2D eigenvalue weighted by atomic mass is 32.1. The SMILES string of the molecule is Cc1ccccc1C(N[C@@H](CO)C(C)C)c1cnc(NC(=O)C2(c3ccc4c(c3)OCO4)CC2)s1. The minimum absolute atomic E-state index is 0.0422. The van der Waals surface area contributed by atoms with E-state index in [1.165, 1.54) is 11.3 Å². The first-order chi connectivity index (χ1) is 16.9. The Morgan fingerprint density at radius 3 is 2.66 bits per heavy atom. The summed E-state index contributed by atoms with van der Waals surface area (Å²) in [6, 6.07) is 13.8. The summed E-state index contributed by atoms with van der Waals surface area (Å²) in [4.78, 5) is 18.9.